The second kappa shape index (κ2) is 6.22. The monoisotopic (exact) mass is 279 g/mol. The molecule has 1 aromatic carbocycles. The zero-order valence-corrected chi connectivity index (χ0v) is 12.7. The summed E-state index contributed by atoms with van der Waals surface area (Å²) in [4.78, 5) is 0. The predicted molar refractivity (Wildman–Crippen MR) is 82.6 cm³/mol. The molecule has 3 nitrogen and oxygen atoms in total. The molecule has 1 heterocycles. The van der Waals surface area contributed by atoms with Crippen LogP contribution in [-0.4, -0.2) is 9.78 Å². The summed E-state index contributed by atoms with van der Waals surface area (Å²) in [6, 6.07) is 6.65. The normalized spacial score (nSPS) is 12.3. The van der Waals surface area contributed by atoms with Gasteiger partial charge in [0.05, 0.1) is 6.20 Å². The van der Waals surface area contributed by atoms with Crippen molar-refractivity contribution in [3.63, 3.8) is 0 Å². The lowest BCUT2D eigenvalue weighted by atomic mass is 9.94. The van der Waals surface area contributed by atoms with Crippen molar-refractivity contribution < 1.29 is 0 Å². The highest BCUT2D eigenvalue weighted by molar-refractivity contribution is 5.85. The summed E-state index contributed by atoms with van der Waals surface area (Å²) >= 11 is 0. The first kappa shape index (κ1) is 15.7. The van der Waals surface area contributed by atoms with E-state index in [1.807, 2.05) is 31.0 Å². The van der Waals surface area contributed by atoms with Crippen LogP contribution in [0.1, 0.15) is 43.9 Å². The molecule has 0 aliphatic rings. The van der Waals surface area contributed by atoms with E-state index in [0.717, 1.165) is 5.56 Å². The summed E-state index contributed by atoms with van der Waals surface area (Å²) in [6.07, 6.45) is 3.93. The highest BCUT2D eigenvalue weighted by atomic mass is 35.5. The van der Waals surface area contributed by atoms with E-state index in [4.69, 9.17) is 5.73 Å². The second-order valence-corrected chi connectivity index (χ2v) is 5.23. The minimum absolute atomic E-state index is 0. The molecule has 0 fully saturated rings. The first-order valence-corrected chi connectivity index (χ1v) is 6.37. The maximum absolute atomic E-state index is 6.01. The van der Waals surface area contributed by atoms with Gasteiger partial charge in [-0.2, -0.15) is 5.10 Å². The molecule has 0 radical (unpaired) electrons. The number of aryl methyl sites for hydroxylation is 1. The van der Waals surface area contributed by atoms with E-state index in [1.54, 1.807) is 0 Å². The summed E-state index contributed by atoms with van der Waals surface area (Å²) in [7, 11) is 1.93. The topological polar surface area (TPSA) is 43.8 Å². The van der Waals surface area contributed by atoms with Crippen LogP contribution in [0.5, 0.6) is 0 Å². The number of benzene rings is 1. The zero-order chi connectivity index (χ0) is 13.3. The molecule has 0 saturated heterocycles. The molecule has 0 spiro atoms. The molecule has 0 saturated carbocycles. The number of hydrogen-bond acceptors (Lipinski definition) is 2. The van der Waals surface area contributed by atoms with Gasteiger partial charge in [-0.05, 0) is 35.6 Å². The van der Waals surface area contributed by atoms with Crippen molar-refractivity contribution in [1.29, 1.82) is 0 Å². The molecule has 19 heavy (non-hydrogen) atoms. The number of nitrogens with zero attached hydrogens (tertiary/aromatic N) is 2. The van der Waals surface area contributed by atoms with E-state index >= 15 is 0 Å². The van der Waals surface area contributed by atoms with Gasteiger partial charge in [0.15, 0.2) is 0 Å². The van der Waals surface area contributed by atoms with Crippen LogP contribution in [0.2, 0.25) is 0 Å². The highest BCUT2D eigenvalue weighted by Gasteiger charge is 2.09. The van der Waals surface area contributed by atoms with E-state index < -0.39 is 0 Å². The number of rotatable bonds is 3. The summed E-state index contributed by atoms with van der Waals surface area (Å²) in [5.74, 6) is 0.499. The molecule has 1 aromatic heterocycles. The Bertz CT molecular complexity index is 518. The summed E-state index contributed by atoms with van der Waals surface area (Å²) < 4.78 is 1.82. The van der Waals surface area contributed by atoms with Crippen LogP contribution in [0.4, 0.5) is 0 Å². The molecule has 0 aliphatic carbocycles. The Labute approximate surface area is 121 Å². The Kier molecular flexibility index (Phi) is 5.15. The van der Waals surface area contributed by atoms with Gasteiger partial charge < -0.3 is 5.73 Å². The van der Waals surface area contributed by atoms with Crippen LogP contribution >= 0.6 is 12.4 Å². The van der Waals surface area contributed by atoms with Crippen LogP contribution in [0.3, 0.4) is 0 Å². The van der Waals surface area contributed by atoms with E-state index in [-0.39, 0.29) is 18.4 Å². The molecule has 2 aromatic rings. The molecule has 0 unspecified atom stereocenters. The molecule has 2 N–H and O–H groups in total. The Morgan fingerprint density at radius 3 is 2.16 bits per heavy atom. The van der Waals surface area contributed by atoms with Gasteiger partial charge in [0.1, 0.15) is 0 Å². The van der Waals surface area contributed by atoms with Gasteiger partial charge in [0.2, 0.25) is 0 Å². The number of aromatic nitrogens is 2. The number of nitrogens with two attached hydrogens (primary N) is 1. The van der Waals surface area contributed by atoms with Crippen LogP contribution in [-0.2, 0) is 7.05 Å². The minimum Gasteiger partial charge on any atom is -0.324 e. The molecular weight excluding hydrogens is 258 g/mol. The third-order valence-corrected chi connectivity index (χ3v) is 3.21. The molecule has 2 rings (SSSR count). The fourth-order valence-corrected chi connectivity index (χ4v) is 2.01. The summed E-state index contributed by atoms with van der Waals surface area (Å²) in [6.45, 7) is 6.42. The van der Waals surface area contributed by atoms with Gasteiger partial charge in [-0.15, -0.1) is 12.4 Å². The van der Waals surface area contributed by atoms with E-state index in [1.165, 1.54) is 16.7 Å². The molecule has 4 heteroatoms. The van der Waals surface area contributed by atoms with E-state index in [0.29, 0.717) is 5.92 Å². The lowest BCUT2D eigenvalue weighted by Crippen LogP contribution is -2.06. The van der Waals surface area contributed by atoms with Gasteiger partial charge in [0.25, 0.3) is 0 Å². The minimum atomic E-state index is 0. The van der Waals surface area contributed by atoms with Crippen molar-refractivity contribution in [2.45, 2.75) is 32.7 Å². The van der Waals surface area contributed by atoms with Crippen LogP contribution in [0, 0.1) is 0 Å². The van der Waals surface area contributed by atoms with Gasteiger partial charge in [-0.25, -0.2) is 0 Å². The highest BCUT2D eigenvalue weighted by Crippen LogP contribution is 2.27. The van der Waals surface area contributed by atoms with Gasteiger partial charge in [-0.3, -0.25) is 4.68 Å². The van der Waals surface area contributed by atoms with E-state index in [2.05, 4.69) is 37.1 Å². The quantitative estimate of drug-likeness (QED) is 0.932. The first-order chi connectivity index (χ1) is 8.47. The van der Waals surface area contributed by atoms with Crippen LogP contribution in [0.15, 0.2) is 30.6 Å². The summed E-state index contributed by atoms with van der Waals surface area (Å²) in [5.41, 5.74) is 10.9. The summed E-state index contributed by atoms with van der Waals surface area (Å²) in [5, 5.41) is 4.23. The molecule has 104 valence electrons. The maximum atomic E-state index is 6.01. The van der Waals surface area contributed by atoms with Gasteiger partial charge in [0, 0.05) is 24.8 Å². The van der Waals surface area contributed by atoms with Gasteiger partial charge >= 0.3 is 0 Å². The van der Waals surface area contributed by atoms with Crippen LogP contribution < -0.4 is 5.73 Å². The van der Waals surface area contributed by atoms with Crippen molar-refractivity contribution >= 4 is 12.4 Å². The third-order valence-electron chi connectivity index (χ3n) is 3.21. The lowest BCUT2D eigenvalue weighted by Gasteiger charge is -2.13. The molecule has 0 bridgehead atoms. The third kappa shape index (κ3) is 3.58. The fraction of sp³-hybridized carbons (Fsp3) is 0.400. The maximum Gasteiger partial charge on any atom is 0.0568 e. The average Bonchev–Trinajstić information content (AvgIpc) is 2.75. The van der Waals surface area contributed by atoms with Gasteiger partial charge in [-0.1, -0.05) is 26.0 Å². The lowest BCUT2D eigenvalue weighted by molar-refractivity contribution is 0.768. The largest absolute Gasteiger partial charge is 0.324 e. The SMILES string of the molecule is CC(C)c1cc(-c2cnn(C)c2)cc([C@@H](C)N)c1.Cl. The average molecular weight is 280 g/mol. The standard InChI is InChI=1S/C15H21N3.ClH/c1-10(2)12-5-13(11(3)16)7-14(6-12)15-8-17-18(4)9-15;/h5-11H,16H2,1-4H3;1H/t11-;/m1./s1. The number of hydrogen-bond donors (Lipinski definition) is 1. The Balaban J connectivity index is 0.00000180. The number of halogens is 1. The van der Waals surface area contributed by atoms with Crippen molar-refractivity contribution in [1.82, 2.24) is 9.78 Å². The van der Waals surface area contributed by atoms with Crippen molar-refractivity contribution in [2.75, 3.05) is 0 Å². The fourth-order valence-electron chi connectivity index (χ4n) is 2.01. The Morgan fingerprint density at radius 1 is 1.05 bits per heavy atom. The molecule has 0 amide bonds. The first-order valence-electron chi connectivity index (χ1n) is 6.37. The predicted octanol–water partition coefficient (Wildman–Crippen LogP) is 3.65. The smallest absolute Gasteiger partial charge is 0.0568 e. The molecular formula is C15H22ClN3. The Hall–Kier alpha value is -1.32. The van der Waals surface area contributed by atoms with Crippen molar-refractivity contribution in [3.05, 3.63) is 41.7 Å². The Morgan fingerprint density at radius 2 is 1.68 bits per heavy atom. The molecule has 0 aliphatic heterocycles. The zero-order valence-electron chi connectivity index (χ0n) is 11.9. The van der Waals surface area contributed by atoms with Crippen molar-refractivity contribution in [3.8, 4) is 11.1 Å². The molecule has 1 atom stereocenters. The second-order valence-electron chi connectivity index (χ2n) is 5.23. The van der Waals surface area contributed by atoms with Crippen LogP contribution in [0.25, 0.3) is 11.1 Å². The van der Waals surface area contributed by atoms with E-state index in [9.17, 15) is 0 Å². The van der Waals surface area contributed by atoms with Crippen molar-refractivity contribution in [2.24, 2.45) is 12.8 Å².